The molecule has 1 amide bonds. The number of anilines is 1. The number of carbonyl (C=O) groups is 1. The molecule has 0 fully saturated rings. The molecular formula is C21H20N4O2S. The molecule has 0 aliphatic carbocycles. The van der Waals surface area contributed by atoms with E-state index >= 15 is 0 Å². The number of amides is 1. The summed E-state index contributed by atoms with van der Waals surface area (Å²) >= 11 is 1.41. The number of nitrogens with zero attached hydrogens (tertiary/aromatic N) is 3. The zero-order valence-electron chi connectivity index (χ0n) is 16.2. The van der Waals surface area contributed by atoms with Crippen LogP contribution in [0.4, 0.5) is 5.13 Å². The Morgan fingerprint density at radius 1 is 1.18 bits per heavy atom. The SMILES string of the molecule is CCn1cc(C(=O)Nc2nc3cc(C)cc(C)c3s2)c(=O)c2ccc(C)nc21. The van der Waals surface area contributed by atoms with Gasteiger partial charge in [0.15, 0.2) is 5.13 Å². The number of rotatable bonds is 3. The van der Waals surface area contributed by atoms with Crippen LogP contribution in [0.5, 0.6) is 0 Å². The van der Waals surface area contributed by atoms with Crippen molar-refractivity contribution in [3.05, 3.63) is 63.1 Å². The van der Waals surface area contributed by atoms with E-state index in [1.807, 2.05) is 38.3 Å². The fourth-order valence-electron chi connectivity index (χ4n) is 3.36. The van der Waals surface area contributed by atoms with Gasteiger partial charge in [-0.1, -0.05) is 17.4 Å². The van der Waals surface area contributed by atoms with E-state index in [0.717, 1.165) is 27.0 Å². The highest BCUT2D eigenvalue weighted by Gasteiger charge is 2.18. The van der Waals surface area contributed by atoms with Crippen molar-refractivity contribution in [1.29, 1.82) is 0 Å². The molecule has 0 radical (unpaired) electrons. The third-order valence-electron chi connectivity index (χ3n) is 4.69. The topological polar surface area (TPSA) is 76.9 Å². The Balaban J connectivity index is 1.77. The van der Waals surface area contributed by atoms with Gasteiger partial charge >= 0.3 is 0 Å². The van der Waals surface area contributed by atoms with Crippen molar-refractivity contribution in [3.63, 3.8) is 0 Å². The second-order valence-electron chi connectivity index (χ2n) is 6.88. The number of thiazole rings is 1. The molecule has 3 aromatic heterocycles. The largest absolute Gasteiger partial charge is 0.332 e. The summed E-state index contributed by atoms with van der Waals surface area (Å²) in [4.78, 5) is 34.7. The van der Waals surface area contributed by atoms with E-state index in [4.69, 9.17) is 0 Å². The lowest BCUT2D eigenvalue weighted by Gasteiger charge is -2.11. The van der Waals surface area contributed by atoms with Crippen LogP contribution in [0, 0.1) is 20.8 Å². The molecule has 6 nitrogen and oxygen atoms in total. The summed E-state index contributed by atoms with van der Waals surface area (Å²) in [5.41, 5.74) is 4.28. The Morgan fingerprint density at radius 2 is 1.96 bits per heavy atom. The quantitative estimate of drug-likeness (QED) is 0.567. The predicted molar refractivity (Wildman–Crippen MR) is 113 cm³/mol. The van der Waals surface area contributed by atoms with Gasteiger partial charge in [-0.3, -0.25) is 14.9 Å². The van der Waals surface area contributed by atoms with Crippen LogP contribution >= 0.6 is 11.3 Å². The fourth-order valence-corrected chi connectivity index (χ4v) is 4.27. The average Bonchev–Trinajstić information content (AvgIpc) is 3.04. The summed E-state index contributed by atoms with van der Waals surface area (Å²) in [5.74, 6) is -0.455. The summed E-state index contributed by atoms with van der Waals surface area (Å²) in [6.07, 6.45) is 1.58. The maximum absolute atomic E-state index is 12.9. The predicted octanol–water partition coefficient (Wildman–Crippen LogP) is 4.20. The Bertz CT molecular complexity index is 1300. The van der Waals surface area contributed by atoms with Gasteiger partial charge in [0.2, 0.25) is 5.43 Å². The Morgan fingerprint density at radius 3 is 2.71 bits per heavy atom. The standard InChI is InChI=1S/C21H20N4O2S/c1-5-25-10-15(17(26)14-7-6-13(4)22-19(14)25)20(27)24-21-23-16-9-11(2)8-12(3)18(16)28-21/h6-10H,5H2,1-4H3,(H,23,24,27). The van der Waals surface area contributed by atoms with Gasteiger partial charge in [0.05, 0.1) is 15.6 Å². The van der Waals surface area contributed by atoms with Crippen LogP contribution in [0.1, 0.15) is 34.1 Å². The summed E-state index contributed by atoms with van der Waals surface area (Å²) in [7, 11) is 0. The highest BCUT2D eigenvalue weighted by Crippen LogP contribution is 2.30. The maximum atomic E-state index is 12.9. The second kappa shape index (κ2) is 6.83. The molecule has 0 unspecified atom stereocenters. The number of hydrogen-bond acceptors (Lipinski definition) is 5. The van der Waals surface area contributed by atoms with Gasteiger partial charge in [-0.25, -0.2) is 9.97 Å². The first kappa shape index (κ1) is 18.3. The molecule has 4 rings (SSSR count). The van der Waals surface area contributed by atoms with Crippen molar-refractivity contribution in [2.75, 3.05) is 5.32 Å². The lowest BCUT2D eigenvalue weighted by molar-refractivity contribution is 0.102. The average molecular weight is 392 g/mol. The van der Waals surface area contributed by atoms with Crippen LogP contribution in [-0.4, -0.2) is 20.4 Å². The number of benzene rings is 1. The van der Waals surface area contributed by atoms with Crippen LogP contribution < -0.4 is 10.7 Å². The normalized spacial score (nSPS) is 11.3. The van der Waals surface area contributed by atoms with Crippen molar-refractivity contribution in [3.8, 4) is 0 Å². The van der Waals surface area contributed by atoms with E-state index in [-0.39, 0.29) is 11.0 Å². The Kier molecular flexibility index (Phi) is 4.47. The zero-order valence-corrected chi connectivity index (χ0v) is 17.0. The molecule has 7 heteroatoms. The number of aryl methyl sites for hydroxylation is 4. The zero-order chi connectivity index (χ0) is 20.0. The van der Waals surface area contributed by atoms with E-state index < -0.39 is 5.91 Å². The van der Waals surface area contributed by atoms with Gasteiger partial charge in [0, 0.05) is 18.4 Å². The van der Waals surface area contributed by atoms with Crippen LogP contribution in [0.15, 0.2) is 35.3 Å². The number of pyridine rings is 2. The second-order valence-corrected chi connectivity index (χ2v) is 7.88. The molecule has 4 aromatic rings. The van der Waals surface area contributed by atoms with Crippen molar-refractivity contribution in [2.45, 2.75) is 34.2 Å². The smallest absolute Gasteiger partial charge is 0.262 e. The molecule has 1 aromatic carbocycles. The summed E-state index contributed by atoms with van der Waals surface area (Å²) in [5, 5.41) is 3.72. The van der Waals surface area contributed by atoms with E-state index in [9.17, 15) is 9.59 Å². The molecule has 142 valence electrons. The van der Waals surface area contributed by atoms with E-state index in [1.54, 1.807) is 18.3 Å². The van der Waals surface area contributed by atoms with E-state index in [0.29, 0.717) is 22.7 Å². The van der Waals surface area contributed by atoms with Crippen molar-refractivity contribution >= 4 is 43.6 Å². The Labute approximate surface area is 165 Å². The van der Waals surface area contributed by atoms with E-state index in [2.05, 4.69) is 21.4 Å². The van der Waals surface area contributed by atoms with E-state index in [1.165, 1.54) is 11.3 Å². The number of hydrogen-bond donors (Lipinski definition) is 1. The van der Waals surface area contributed by atoms with Gasteiger partial charge in [0.1, 0.15) is 11.2 Å². The first-order chi connectivity index (χ1) is 13.4. The molecule has 0 aliphatic rings. The highest BCUT2D eigenvalue weighted by molar-refractivity contribution is 7.22. The monoisotopic (exact) mass is 392 g/mol. The number of carbonyl (C=O) groups excluding carboxylic acids is 1. The minimum atomic E-state index is -0.455. The maximum Gasteiger partial charge on any atom is 0.262 e. The van der Waals surface area contributed by atoms with Gasteiger partial charge in [-0.15, -0.1) is 0 Å². The minimum absolute atomic E-state index is 0.0900. The third kappa shape index (κ3) is 3.07. The van der Waals surface area contributed by atoms with Crippen molar-refractivity contribution < 1.29 is 4.79 Å². The van der Waals surface area contributed by atoms with Gasteiger partial charge in [-0.05, 0) is 57.0 Å². The third-order valence-corrected chi connectivity index (χ3v) is 5.81. The number of nitrogens with one attached hydrogen (secondary N) is 1. The lowest BCUT2D eigenvalue weighted by Crippen LogP contribution is -2.24. The molecule has 0 atom stereocenters. The molecule has 1 N–H and O–H groups in total. The first-order valence-corrected chi connectivity index (χ1v) is 9.89. The van der Waals surface area contributed by atoms with Crippen LogP contribution in [0.25, 0.3) is 21.3 Å². The van der Waals surface area contributed by atoms with Crippen molar-refractivity contribution in [2.24, 2.45) is 0 Å². The fraction of sp³-hybridized carbons (Fsp3) is 0.238. The summed E-state index contributed by atoms with van der Waals surface area (Å²) < 4.78 is 2.86. The minimum Gasteiger partial charge on any atom is -0.332 e. The number of fused-ring (bicyclic) bond motifs is 2. The molecule has 3 heterocycles. The van der Waals surface area contributed by atoms with Crippen molar-refractivity contribution in [1.82, 2.24) is 14.5 Å². The van der Waals surface area contributed by atoms with Crippen LogP contribution in [0.2, 0.25) is 0 Å². The summed E-state index contributed by atoms with van der Waals surface area (Å²) in [6.45, 7) is 8.47. The summed E-state index contributed by atoms with van der Waals surface area (Å²) in [6, 6.07) is 7.59. The Hall–Kier alpha value is -3.06. The molecule has 0 aliphatic heterocycles. The lowest BCUT2D eigenvalue weighted by atomic mass is 10.1. The molecule has 0 saturated carbocycles. The molecule has 0 spiro atoms. The molecular weight excluding hydrogens is 372 g/mol. The van der Waals surface area contributed by atoms with Crippen LogP contribution in [0.3, 0.4) is 0 Å². The van der Waals surface area contributed by atoms with Gasteiger partial charge in [-0.2, -0.15) is 0 Å². The highest BCUT2D eigenvalue weighted by atomic mass is 32.1. The molecule has 0 bridgehead atoms. The van der Waals surface area contributed by atoms with Gasteiger partial charge < -0.3 is 4.57 Å². The van der Waals surface area contributed by atoms with Gasteiger partial charge in [0.25, 0.3) is 5.91 Å². The molecule has 28 heavy (non-hydrogen) atoms. The first-order valence-electron chi connectivity index (χ1n) is 9.07. The number of aromatic nitrogens is 3. The molecule has 0 saturated heterocycles. The van der Waals surface area contributed by atoms with Crippen LogP contribution in [-0.2, 0) is 6.54 Å².